The SMILES string of the molecule is O=C(Cc1ccccc1)N=Nc1c(O)n(CCc2ccccc2)c2ccc(Br)cc12. The van der Waals surface area contributed by atoms with E-state index in [0.29, 0.717) is 12.2 Å². The third-order valence-electron chi connectivity index (χ3n) is 4.90. The molecule has 0 aliphatic carbocycles. The quantitative estimate of drug-likeness (QED) is 0.347. The summed E-state index contributed by atoms with van der Waals surface area (Å²) >= 11 is 3.47. The van der Waals surface area contributed by atoms with E-state index >= 15 is 0 Å². The van der Waals surface area contributed by atoms with Crippen LogP contribution in [0.4, 0.5) is 5.69 Å². The van der Waals surface area contributed by atoms with Gasteiger partial charge in [0.1, 0.15) is 0 Å². The molecule has 0 aliphatic heterocycles. The zero-order valence-electron chi connectivity index (χ0n) is 16.2. The van der Waals surface area contributed by atoms with Gasteiger partial charge >= 0.3 is 0 Å². The number of amides is 1. The van der Waals surface area contributed by atoms with Crippen molar-refractivity contribution in [2.45, 2.75) is 19.4 Å². The Bertz CT molecular complexity index is 1200. The number of nitrogens with zero attached hydrogens (tertiary/aromatic N) is 3. The van der Waals surface area contributed by atoms with Gasteiger partial charge in [-0.1, -0.05) is 76.6 Å². The van der Waals surface area contributed by atoms with Crippen molar-refractivity contribution in [3.8, 4) is 5.88 Å². The second kappa shape index (κ2) is 9.05. The van der Waals surface area contributed by atoms with E-state index in [1.165, 1.54) is 5.56 Å². The number of aryl methyl sites for hydroxylation is 2. The molecule has 0 spiro atoms. The first-order chi connectivity index (χ1) is 14.6. The first kappa shape index (κ1) is 20.0. The predicted octanol–water partition coefficient (Wildman–Crippen LogP) is 6.21. The Morgan fingerprint density at radius 3 is 2.30 bits per heavy atom. The molecule has 4 aromatic rings. The maximum atomic E-state index is 12.3. The van der Waals surface area contributed by atoms with Gasteiger partial charge in [-0.05, 0) is 35.7 Å². The minimum atomic E-state index is -0.360. The highest BCUT2D eigenvalue weighted by atomic mass is 79.9. The van der Waals surface area contributed by atoms with Crippen LogP contribution >= 0.6 is 15.9 Å². The molecule has 5 nitrogen and oxygen atoms in total. The van der Waals surface area contributed by atoms with Crippen molar-refractivity contribution in [1.29, 1.82) is 0 Å². The van der Waals surface area contributed by atoms with E-state index in [4.69, 9.17) is 0 Å². The molecule has 0 bridgehead atoms. The van der Waals surface area contributed by atoms with Crippen molar-refractivity contribution in [2.24, 2.45) is 10.2 Å². The molecule has 30 heavy (non-hydrogen) atoms. The van der Waals surface area contributed by atoms with Gasteiger partial charge in [0.2, 0.25) is 5.88 Å². The lowest BCUT2D eigenvalue weighted by atomic mass is 10.1. The summed E-state index contributed by atoms with van der Waals surface area (Å²) in [5.74, 6) is -0.351. The zero-order valence-corrected chi connectivity index (χ0v) is 17.8. The summed E-state index contributed by atoms with van der Waals surface area (Å²) in [5, 5.41) is 19.6. The van der Waals surface area contributed by atoms with Gasteiger partial charge in [0.25, 0.3) is 5.91 Å². The number of rotatable bonds is 6. The van der Waals surface area contributed by atoms with Gasteiger partial charge in [0.15, 0.2) is 5.69 Å². The van der Waals surface area contributed by atoms with Crippen LogP contribution in [0.1, 0.15) is 11.1 Å². The lowest BCUT2D eigenvalue weighted by Gasteiger charge is -2.07. The van der Waals surface area contributed by atoms with Gasteiger partial charge in [0, 0.05) is 16.4 Å². The van der Waals surface area contributed by atoms with E-state index in [1.807, 2.05) is 71.3 Å². The maximum Gasteiger partial charge on any atom is 0.269 e. The number of halogens is 1. The Morgan fingerprint density at radius 2 is 1.60 bits per heavy atom. The summed E-state index contributed by atoms with van der Waals surface area (Å²) in [7, 11) is 0. The summed E-state index contributed by atoms with van der Waals surface area (Å²) < 4.78 is 2.67. The van der Waals surface area contributed by atoms with Crippen LogP contribution in [0, 0.1) is 0 Å². The van der Waals surface area contributed by atoms with Crippen LogP contribution in [0.5, 0.6) is 5.88 Å². The van der Waals surface area contributed by atoms with Crippen molar-refractivity contribution in [3.63, 3.8) is 0 Å². The Labute approximate surface area is 182 Å². The minimum absolute atomic E-state index is 0.00953. The van der Waals surface area contributed by atoms with Gasteiger partial charge in [-0.15, -0.1) is 10.2 Å². The topological polar surface area (TPSA) is 66.9 Å². The largest absolute Gasteiger partial charge is 0.493 e. The predicted molar refractivity (Wildman–Crippen MR) is 121 cm³/mol. The van der Waals surface area contributed by atoms with Gasteiger partial charge < -0.3 is 9.67 Å². The van der Waals surface area contributed by atoms with Crippen molar-refractivity contribution >= 4 is 38.4 Å². The molecule has 1 aromatic heterocycles. The van der Waals surface area contributed by atoms with Crippen LogP contribution < -0.4 is 0 Å². The average Bonchev–Trinajstić information content (AvgIpc) is 3.02. The Hall–Kier alpha value is -3.25. The van der Waals surface area contributed by atoms with Crippen LogP contribution in [0.2, 0.25) is 0 Å². The number of carbonyl (C=O) groups excluding carboxylic acids is 1. The average molecular weight is 462 g/mol. The van der Waals surface area contributed by atoms with E-state index < -0.39 is 0 Å². The second-order valence-corrected chi connectivity index (χ2v) is 7.89. The molecule has 0 saturated heterocycles. The molecule has 4 rings (SSSR count). The minimum Gasteiger partial charge on any atom is -0.493 e. The van der Waals surface area contributed by atoms with Gasteiger partial charge in [-0.3, -0.25) is 4.79 Å². The molecule has 0 fully saturated rings. The molecule has 1 heterocycles. The van der Waals surface area contributed by atoms with Crippen LogP contribution in [-0.4, -0.2) is 15.6 Å². The molecule has 6 heteroatoms. The van der Waals surface area contributed by atoms with E-state index in [-0.39, 0.29) is 18.2 Å². The number of fused-ring (bicyclic) bond motifs is 1. The molecule has 150 valence electrons. The fourth-order valence-corrected chi connectivity index (χ4v) is 3.78. The van der Waals surface area contributed by atoms with Crippen molar-refractivity contribution in [2.75, 3.05) is 0 Å². The lowest BCUT2D eigenvalue weighted by Crippen LogP contribution is -2.00. The van der Waals surface area contributed by atoms with Gasteiger partial charge in [-0.25, -0.2) is 0 Å². The molecule has 0 atom stereocenters. The monoisotopic (exact) mass is 461 g/mol. The Morgan fingerprint density at radius 1 is 0.933 bits per heavy atom. The third kappa shape index (κ3) is 4.49. The van der Waals surface area contributed by atoms with Crippen LogP contribution in [0.25, 0.3) is 10.9 Å². The smallest absolute Gasteiger partial charge is 0.269 e. The molecule has 0 aliphatic rings. The second-order valence-electron chi connectivity index (χ2n) is 6.98. The molecule has 1 N–H and O–H groups in total. The Balaban J connectivity index is 1.63. The third-order valence-corrected chi connectivity index (χ3v) is 5.39. The summed E-state index contributed by atoms with van der Waals surface area (Å²) in [4.78, 5) is 12.3. The molecular weight excluding hydrogens is 442 g/mol. The molecule has 3 aromatic carbocycles. The van der Waals surface area contributed by atoms with Crippen LogP contribution in [-0.2, 0) is 24.2 Å². The van der Waals surface area contributed by atoms with Crippen molar-refractivity contribution < 1.29 is 9.90 Å². The van der Waals surface area contributed by atoms with Crippen LogP contribution in [0.3, 0.4) is 0 Å². The van der Waals surface area contributed by atoms with Gasteiger partial charge in [-0.2, -0.15) is 0 Å². The van der Waals surface area contributed by atoms with E-state index in [9.17, 15) is 9.90 Å². The fourth-order valence-electron chi connectivity index (χ4n) is 3.42. The first-order valence-electron chi connectivity index (χ1n) is 9.65. The fraction of sp³-hybridized carbons (Fsp3) is 0.125. The number of aromatic hydroxyl groups is 1. The summed E-state index contributed by atoms with van der Waals surface area (Å²) in [6, 6.07) is 25.2. The normalized spacial score (nSPS) is 11.4. The van der Waals surface area contributed by atoms with E-state index in [0.717, 1.165) is 27.4 Å². The lowest BCUT2D eigenvalue weighted by molar-refractivity contribution is -0.117. The molecular formula is C24H20BrN3O2. The number of aromatic nitrogens is 1. The molecule has 0 unspecified atom stereocenters. The Kier molecular flexibility index (Phi) is 6.05. The molecule has 1 amide bonds. The number of carbonyl (C=O) groups is 1. The number of hydrogen-bond acceptors (Lipinski definition) is 3. The van der Waals surface area contributed by atoms with E-state index in [1.54, 1.807) is 0 Å². The van der Waals surface area contributed by atoms with Gasteiger partial charge in [0.05, 0.1) is 11.9 Å². The van der Waals surface area contributed by atoms with Crippen molar-refractivity contribution in [3.05, 3.63) is 94.5 Å². The summed E-state index contributed by atoms with van der Waals surface area (Å²) in [6.07, 6.45) is 0.930. The zero-order chi connectivity index (χ0) is 20.9. The molecule has 0 radical (unpaired) electrons. The number of benzene rings is 3. The highest BCUT2D eigenvalue weighted by Gasteiger charge is 2.17. The summed E-state index contributed by atoms with van der Waals surface area (Å²) in [6.45, 7) is 0.585. The van der Waals surface area contributed by atoms with E-state index in [2.05, 4.69) is 38.3 Å². The standard InChI is InChI=1S/C24H20BrN3O2/c25-19-11-12-21-20(16-19)23(27-26-22(29)15-18-9-5-2-6-10-18)24(30)28(21)14-13-17-7-3-1-4-8-17/h1-12,16,30H,13-15H2. The highest BCUT2D eigenvalue weighted by Crippen LogP contribution is 2.40. The van der Waals surface area contributed by atoms with Crippen molar-refractivity contribution in [1.82, 2.24) is 4.57 Å². The summed E-state index contributed by atoms with van der Waals surface area (Å²) in [5.41, 5.74) is 3.20. The maximum absolute atomic E-state index is 12.3. The number of hydrogen-bond donors (Lipinski definition) is 1. The van der Waals surface area contributed by atoms with Crippen LogP contribution in [0.15, 0.2) is 93.6 Å². The first-order valence-corrected chi connectivity index (χ1v) is 10.4. The highest BCUT2D eigenvalue weighted by molar-refractivity contribution is 9.10. The molecule has 0 saturated carbocycles. The number of azo groups is 1.